The zero-order chi connectivity index (χ0) is 17.7. The van der Waals surface area contributed by atoms with Crippen LogP contribution in [0, 0.1) is 16.4 Å². The standard InChI is InChI=1S/C13H19Cl2NOS.C6H4/c1-9(7-16-3)13(2,17)18-8-10-4-5-11(14)6-12(10)15;1-2-6-4-3-5(1)6/h4-6,9,16-17H,7-8H2,1-3H3;1-4H. The zero-order valence-electron chi connectivity index (χ0n) is 14.1. The molecule has 2 N–H and O–H groups in total. The number of halogens is 2. The summed E-state index contributed by atoms with van der Waals surface area (Å²) in [6, 6.07) is 13.9. The average Bonchev–Trinajstić information content (AvgIpc) is 2.51. The molecule has 0 aliphatic heterocycles. The first-order valence-corrected chi connectivity index (χ1v) is 9.63. The minimum absolute atomic E-state index is 0.151. The van der Waals surface area contributed by atoms with E-state index < -0.39 is 4.93 Å². The minimum Gasteiger partial charge on any atom is -0.379 e. The fraction of sp³-hybridized carbons (Fsp3) is 0.368. The van der Waals surface area contributed by atoms with E-state index in [1.165, 1.54) is 22.2 Å². The molecule has 0 bridgehead atoms. The molecule has 0 radical (unpaired) electrons. The summed E-state index contributed by atoms with van der Waals surface area (Å²) in [7, 11) is 1.88. The average molecular weight is 384 g/mol. The van der Waals surface area contributed by atoms with Crippen molar-refractivity contribution in [1.82, 2.24) is 5.32 Å². The monoisotopic (exact) mass is 383 g/mol. The summed E-state index contributed by atoms with van der Waals surface area (Å²) in [6.07, 6.45) is 0. The highest BCUT2D eigenvalue weighted by Gasteiger charge is 2.28. The number of hydrogen-bond donors (Lipinski definition) is 2. The van der Waals surface area contributed by atoms with Crippen molar-refractivity contribution >= 4 is 35.0 Å². The predicted molar refractivity (Wildman–Crippen MR) is 106 cm³/mol. The van der Waals surface area contributed by atoms with Crippen LogP contribution >= 0.6 is 35.0 Å². The van der Waals surface area contributed by atoms with Gasteiger partial charge < -0.3 is 10.4 Å². The van der Waals surface area contributed by atoms with E-state index in [-0.39, 0.29) is 5.92 Å². The predicted octanol–water partition coefficient (Wildman–Crippen LogP) is 5.08. The lowest BCUT2D eigenvalue weighted by atomic mass is 10.1. The third-order valence-corrected chi connectivity index (χ3v) is 6.21. The van der Waals surface area contributed by atoms with E-state index in [0.717, 1.165) is 12.1 Å². The molecule has 2 aliphatic rings. The van der Waals surface area contributed by atoms with Crippen molar-refractivity contribution in [2.45, 2.75) is 24.5 Å². The van der Waals surface area contributed by atoms with Gasteiger partial charge >= 0.3 is 0 Å². The molecule has 1 aromatic carbocycles. The molecule has 0 aromatic heterocycles. The van der Waals surface area contributed by atoms with Crippen LogP contribution < -0.4 is 5.32 Å². The van der Waals surface area contributed by atoms with Crippen LogP contribution in [0.15, 0.2) is 42.5 Å². The van der Waals surface area contributed by atoms with Gasteiger partial charge in [-0.2, -0.15) is 0 Å². The summed E-state index contributed by atoms with van der Waals surface area (Å²) in [6.45, 7) is 4.63. The summed E-state index contributed by atoms with van der Waals surface area (Å²) < 4.78 is 0. The smallest absolute Gasteiger partial charge is 0.111 e. The second-order valence-electron chi connectivity index (χ2n) is 6.12. The Morgan fingerprint density at radius 1 is 1.12 bits per heavy atom. The summed E-state index contributed by atoms with van der Waals surface area (Å²) in [4.78, 5) is -0.786. The maximum atomic E-state index is 10.4. The second kappa shape index (κ2) is 8.59. The minimum atomic E-state index is -0.786. The fourth-order valence-corrected chi connectivity index (χ4v) is 3.78. The summed E-state index contributed by atoms with van der Waals surface area (Å²) >= 11 is 13.4. The molecule has 2 nitrogen and oxygen atoms in total. The van der Waals surface area contributed by atoms with Gasteiger partial charge in [-0.05, 0) is 42.1 Å². The van der Waals surface area contributed by atoms with Crippen LogP contribution in [0.1, 0.15) is 19.4 Å². The molecule has 0 spiro atoms. The molecule has 24 heavy (non-hydrogen) atoms. The van der Waals surface area contributed by atoms with Gasteiger partial charge in [0.1, 0.15) is 4.93 Å². The van der Waals surface area contributed by atoms with Gasteiger partial charge in [0.25, 0.3) is 0 Å². The second-order valence-corrected chi connectivity index (χ2v) is 8.36. The topological polar surface area (TPSA) is 32.3 Å². The molecule has 5 heteroatoms. The Morgan fingerprint density at radius 2 is 1.71 bits per heavy atom. The van der Waals surface area contributed by atoms with Crippen LogP contribution in [-0.4, -0.2) is 23.6 Å². The highest BCUT2D eigenvalue weighted by molar-refractivity contribution is 7.99. The van der Waals surface area contributed by atoms with E-state index >= 15 is 0 Å². The Morgan fingerprint density at radius 3 is 2.12 bits per heavy atom. The lowest BCUT2D eigenvalue weighted by molar-refractivity contribution is 0.0989. The Hall–Kier alpha value is -0.710. The van der Waals surface area contributed by atoms with Gasteiger partial charge in [0.05, 0.1) is 0 Å². The molecule has 2 aliphatic carbocycles. The molecular formula is C19H23Cl2NOS. The van der Waals surface area contributed by atoms with Gasteiger partial charge in [-0.25, -0.2) is 0 Å². The van der Waals surface area contributed by atoms with Gasteiger partial charge in [0.2, 0.25) is 0 Å². The van der Waals surface area contributed by atoms with E-state index in [9.17, 15) is 5.11 Å². The van der Waals surface area contributed by atoms with Crippen molar-refractivity contribution in [1.29, 1.82) is 0 Å². The molecule has 0 saturated heterocycles. The Balaban J connectivity index is 0.000000282. The Labute approximate surface area is 157 Å². The molecule has 2 unspecified atom stereocenters. The van der Waals surface area contributed by atoms with Gasteiger partial charge in [-0.15, -0.1) is 11.8 Å². The number of thioether (sulfide) groups is 1. The summed E-state index contributed by atoms with van der Waals surface area (Å²) in [5.41, 5.74) is 0.989. The van der Waals surface area contributed by atoms with E-state index in [1.54, 1.807) is 6.07 Å². The Bertz CT molecular complexity index is 729. The number of benzene rings is 2. The summed E-state index contributed by atoms with van der Waals surface area (Å²) in [5, 5.41) is 17.6. The van der Waals surface area contributed by atoms with Crippen molar-refractivity contribution in [2.75, 3.05) is 13.6 Å². The van der Waals surface area contributed by atoms with Crippen molar-refractivity contribution < 1.29 is 5.11 Å². The fourth-order valence-electron chi connectivity index (χ4n) is 2.16. The van der Waals surface area contributed by atoms with Gasteiger partial charge in [0, 0.05) is 28.3 Å². The van der Waals surface area contributed by atoms with Crippen molar-refractivity contribution in [3.63, 3.8) is 0 Å². The molecular weight excluding hydrogens is 361 g/mol. The van der Waals surface area contributed by atoms with Crippen molar-refractivity contribution in [3.05, 3.63) is 68.5 Å². The van der Waals surface area contributed by atoms with Crippen LogP contribution in [-0.2, 0) is 5.75 Å². The number of nitrogens with one attached hydrogen (secondary N) is 1. The van der Waals surface area contributed by atoms with E-state index in [0.29, 0.717) is 15.8 Å². The van der Waals surface area contributed by atoms with Crippen LogP contribution in [0.25, 0.3) is 0 Å². The molecule has 0 heterocycles. The zero-order valence-corrected chi connectivity index (χ0v) is 16.5. The molecule has 3 rings (SSSR count). The number of aliphatic hydroxyl groups is 1. The van der Waals surface area contributed by atoms with E-state index in [2.05, 4.69) is 29.6 Å². The van der Waals surface area contributed by atoms with Gasteiger partial charge in [-0.3, -0.25) is 0 Å². The quantitative estimate of drug-likeness (QED) is 0.582. The Kier molecular flexibility index (Phi) is 7.02. The van der Waals surface area contributed by atoms with Crippen LogP contribution in [0.2, 0.25) is 10.0 Å². The van der Waals surface area contributed by atoms with E-state index in [4.69, 9.17) is 23.2 Å². The van der Waals surface area contributed by atoms with Crippen LogP contribution in [0.3, 0.4) is 0 Å². The third-order valence-electron chi connectivity index (χ3n) is 4.18. The molecule has 0 saturated carbocycles. The lowest BCUT2D eigenvalue weighted by Gasteiger charge is -2.29. The van der Waals surface area contributed by atoms with Crippen molar-refractivity contribution in [3.8, 4) is 0 Å². The number of rotatable bonds is 6. The summed E-state index contributed by atoms with van der Waals surface area (Å²) in [5.74, 6) is 0.815. The maximum absolute atomic E-state index is 10.4. The van der Waals surface area contributed by atoms with Crippen LogP contribution in [0.5, 0.6) is 0 Å². The first kappa shape index (κ1) is 19.6. The molecule has 0 amide bonds. The largest absolute Gasteiger partial charge is 0.379 e. The third kappa shape index (κ3) is 5.14. The SMILES string of the molecule is CNCC(C)C(C)(O)SCc1ccc(Cl)cc1Cl.c1cc2ccc1=2. The number of hydrogen-bond acceptors (Lipinski definition) is 3. The van der Waals surface area contributed by atoms with Gasteiger partial charge in [-0.1, -0.05) is 60.5 Å². The first-order valence-electron chi connectivity index (χ1n) is 7.89. The molecule has 0 fully saturated rings. The first-order chi connectivity index (χ1) is 11.3. The highest BCUT2D eigenvalue weighted by atomic mass is 35.5. The maximum Gasteiger partial charge on any atom is 0.111 e. The molecule has 2 atom stereocenters. The molecule has 1 aromatic rings. The molecule has 130 valence electrons. The van der Waals surface area contributed by atoms with Crippen molar-refractivity contribution in [2.24, 2.45) is 5.92 Å². The van der Waals surface area contributed by atoms with Gasteiger partial charge in [0.15, 0.2) is 0 Å². The lowest BCUT2D eigenvalue weighted by Crippen LogP contribution is -2.35. The normalized spacial score (nSPS) is 15.1. The van der Waals surface area contributed by atoms with E-state index in [1.807, 2.05) is 33.0 Å². The highest BCUT2D eigenvalue weighted by Crippen LogP contribution is 2.34. The van der Waals surface area contributed by atoms with Crippen LogP contribution in [0.4, 0.5) is 0 Å².